The molecule has 2 aliphatic rings. The van der Waals surface area contributed by atoms with Gasteiger partial charge in [-0.05, 0) is 45.9 Å². The van der Waals surface area contributed by atoms with Gasteiger partial charge in [0.25, 0.3) is 5.91 Å². The van der Waals surface area contributed by atoms with Crippen LogP contribution in [0.1, 0.15) is 41.2 Å². The first-order chi connectivity index (χ1) is 18.8. The lowest BCUT2D eigenvalue weighted by atomic mass is 10.0. The number of allylic oxidation sites excluding steroid dienone is 3. The van der Waals surface area contributed by atoms with Crippen molar-refractivity contribution in [3.8, 4) is 0 Å². The Kier molecular flexibility index (Phi) is 9.63. The molecular formula is C29H43N9O. The second-order valence-corrected chi connectivity index (χ2v) is 10.8. The van der Waals surface area contributed by atoms with Crippen LogP contribution in [0.2, 0.25) is 0 Å². The number of rotatable bonds is 9. The highest BCUT2D eigenvalue weighted by atomic mass is 16.1. The zero-order valence-electron chi connectivity index (χ0n) is 24.2. The zero-order chi connectivity index (χ0) is 27.9. The van der Waals surface area contributed by atoms with E-state index in [-0.39, 0.29) is 11.9 Å². The lowest BCUT2D eigenvalue weighted by Gasteiger charge is -2.41. The molecule has 2 aromatic rings. The Morgan fingerprint density at radius 1 is 1.08 bits per heavy atom. The van der Waals surface area contributed by atoms with Crippen LogP contribution in [0.3, 0.4) is 0 Å². The van der Waals surface area contributed by atoms with Gasteiger partial charge >= 0.3 is 0 Å². The van der Waals surface area contributed by atoms with Gasteiger partial charge in [-0.3, -0.25) is 9.69 Å². The molecule has 210 valence electrons. The number of aromatic nitrogens is 4. The molecular weight excluding hydrogens is 490 g/mol. The summed E-state index contributed by atoms with van der Waals surface area (Å²) in [6, 6.07) is 0.204. The number of hydrogen-bond donors (Lipinski definition) is 1. The summed E-state index contributed by atoms with van der Waals surface area (Å²) in [5, 5.41) is 12.2. The minimum absolute atomic E-state index is 0.177. The average molecular weight is 534 g/mol. The Bertz CT molecular complexity index is 1170. The normalized spacial score (nSPS) is 19.3. The highest BCUT2D eigenvalue weighted by Crippen LogP contribution is 2.26. The molecule has 0 bridgehead atoms. The molecule has 2 aliphatic heterocycles. The van der Waals surface area contributed by atoms with Gasteiger partial charge in [-0.1, -0.05) is 24.3 Å². The van der Waals surface area contributed by atoms with Gasteiger partial charge in [0, 0.05) is 71.4 Å². The second kappa shape index (κ2) is 13.1. The summed E-state index contributed by atoms with van der Waals surface area (Å²) in [5.41, 5.74) is 4.94. The molecule has 4 heterocycles. The van der Waals surface area contributed by atoms with Crippen molar-refractivity contribution in [3.63, 3.8) is 0 Å². The van der Waals surface area contributed by atoms with E-state index in [0.29, 0.717) is 12.2 Å². The Morgan fingerprint density at radius 2 is 1.85 bits per heavy atom. The van der Waals surface area contributed by atoms with Gasteiger partial charge in [-0.2, -0.15) is 5.10 Å². The van der Waals surface area contributed by atoms with Crippen LogP contribution in [0.25, 0.3) is 0 Å². The highest BCUT2D eigenvalue weighted by Gasteiger charge is 2.28. The predicted octanol–water partition coefficient (Wildman–Crippen LogP) is 2.25. The fourth-order valence-corrected chi connectivity index (χ4v) is 5.20. The molecule has 2 fully saturated rings. The molecule has 0 radical (unpaired) electrons. The van der Waals surface area contributed by atoms with Crippen LogP contribution in [0, 0.1) is 13.8 Å². The van der Waals surface area contributed by atoms with Gasteiger partial charge in [0.05, 0.1) is 18.1 Å². The van der Waals surface area contributed by atoms with Crippen LogP contribution in [-0.4, -0.2) is 108 Å². The minimum Gasteiger partial charge on any atom is -0.351 e. The largest absolute Gasteiger partial charge is 0.351 e. The van der Waals surface area contributed by atoms with Crippen molar-refractivity contribution in [3.05, 3.63) is 59.2 Å². The molecule has 0 aliphatic carbocycles. The maximum atomic E-state index is 12.6. The van der Waals surface area contributed by atoms with Gasteiger partial charge < -0.3 is 20.0 Å². The molecule has 2 saturated heterocycles. The molecule has 0 saturated carbocycles. The number of carbonyl (C=O) groups excluding carboxylic acids is 1. The van der Waals surface area contributed by atoms with Crippen LogP contribution >= 0.6 is 0 Å². The summed E-state index contributed by atoms with van der Waals surface area (Å²) in [6.45, 7) is 20.4. The number of anilines is 2. The van der Waals surface area contributed by atoms with Gasteiger partial charge in [0.1, 0.15) is 11.5 Å². The Morgan fingerprint density at radius 3 is 2.51 bits per heavy atom. The predicted molar refractivity (Wildman–Crippen MR) is 156 cm³/mol. The molecule has 0 aromatic carbocycles. The third kappa shape index (κ3) is 7.19. The number of nitrogens with zero attached hydrogens (tertiary/aromatic N) is 8. The van der Waals surface area contributed by atoms with E-state index in [0.717, 1.165) is 76.1 Å². The Balaban J connectivity index is 1.31. The molecule has 10 nitrogen and oxygen atoms in total. The zero-order valence-corrected chi connectivity index (χ0v) is 24.2. The standard InChI is InChI=1S/C29H43N9O/c1-7-8-21(2)17-25-23(4)24(5)28(34-33-25)37-15-16-38(22(3)20-37)27-19-31-26(18-32-27)29(39)30-9-10-36-13-11-35(6)12-14-36/h7-8,18-19,22H,1,9-17,20H2,2-6H3,(H,30,39)/b21-8+/t22-/m1/s1. The summed E-state index contributed by atoms with van der Waals surface area (Å²) in [4.78, 5) is 30.9. The number of hydrogen-bond acceptors (Lipinski definition) is 9. The van der Waals surface area contributed by atoms with E-state index in [2.05, 4.69) is 86.4 Å². The number of amides is 1. The van der Waals surface area contributed by atoms with Crippen molar-refractivity contribution in [1.29, 1.82) is 0 Å². The van der Waals surface area contributed by atoms with Crippen LogP contribution < -0.4 is 15.1 Å². The fourth-order valence-electron chi connectivity index (χ4n) is 5.20. The summed E-state index contributed by atoms with van der Waals surface area (Å²) < 4.78 is 0. The van der Waals surface area contributed by atoms with Crippen LogP contribution in [-0.2, 0) is 6.42 Å². The molecule has 4 rings (SSSR count). The van der Waals surface area contributed by atoms with Crippen LogP contribution in [0.5, 0.6) is 0 Å². The molecule has 0 spiro atoms. The van der Waals surface area contributed by atoms with E-state index in [4.69, 9.17) is 0 Å². The first-order valence-corrected chi connectivity index (χ1v) is 13.9. The minimum atomic E-state index is -0.177. The Labute approximate surface area is 232 Å². The quantitative estimate of drug-likeness (QED) is 0.487. The average Bonchev–Trinajstić information content (AvgIpc) is 2.93. The number of piperazine rings is 2. The van der Waals surface area contributed by atoms with Crippen molar-refractivity contribution >= 4 is 17.5 Å². The molecule has 1 amide bonds. The highest BCUT2D eigenvalue weighted by molar-refractivity contribution is 5.92. The van der Waals surface area contributed by atoms with E-state index in [1.54, 1.807) is 12.4 Å². The van der Waals surface area contributed by atoms with E-state index in [1.165, 1.54) is 16.7 Å². The van der Waals surface area contributed by atoms with Gasteiger partial charge in [-0.25, -0.2) is 9.97 Å². The van der Waals surface area contributed by atoms with Crippen molar-refractivity contribution < 1.29 is 4.79 Å². The third-order valence-electron chi connectivity index (χ3n) is 7.85. The van der Waals surface area contributed by atoms with E-state index < -0.39 is 0 Å². The maximum absolute atomic E-state index is 12.6. The first kappa shape index (κ1) is 28.6. The molecule has 1 N–H and O–H groups in total. The summed E-state index contributed by atoms with van der Waals surface area (Å²) >= 11 is 0. The van der Waals surface area contributed by atoms with Gasteiger partial charge in [0.2, 0.25) is 0 Å². The maximum Gasteiger partial charge on any atom is 0.271 e. The molecule has 10 heteroatoms. The molecule has 1 atom stereocenters. The van der Waals surface area contributed by atoms with E-state index >= 15 is 0 Å². The van der Waals surface area contributed by atoms with Crippen molar-refractivity contribution in [1.82, 2.24) is 35.3 Å². The smallest absolute Gasteiger partial charge is 0.271 e. The summed E-state index contributed by atoms with van der Waals surface area (Å²) in [6.07, 6.45) is 7.90. The van der Waals surface area contributed by atoms with Crippen LogP contribution in [0.4, 0.5) is 11.6 Å². The van der Waals surface area contributed by atoms with E-state index in [1.807, 2.05) is 12.2 Å². The molecule has 39 heavy (non-hydrogen) atoms. The summed E-state index contributed by atoms with van der Waals surface area (Å²) in [7, 11) is 2.14. The Hall–Kier alpha value is -3.37. The van der Waals surface area contributed by atoms with Crippen molar-refractivity contribution in [2.24, 2.45) is 0 Å². The van der Waals surface area contributed by atoms with E-state index in [9.17, 15) is 4.79 Å². The number of nitrogens with one attached hydrogen (secondary N) is 1. The lowest BCUT2D eigenvalue weighted by Crippen LogP contribution is -2.53. The van der Waals surface area contributed by atoms with Crippen LogP contribution in [0.15, 0.2) is 36.7 Å². The third-order valence-corrected chi connectivity index (χ3v) is 7.85. The first-order valence-electron chi connectivity index (χ1n) is 13.9. The summed E-state index contributed by atoms with van der Waals surface area (Å²) in [5.74, 6) is 1.56. The molecule has 0 unspecified atom stereocenters. The second-order valence-electron chi connectivity index (χ2n) is 10.8. The van der Waals surface area contributed by atoms with Gasteiger partial charge in [0.15, 0.2) is 5.82 Å². The lowest BCUT2D eigenvalue weighted by molar-refractivity contribution is 0.0935. The fraction of sp³-hybridized carbons (Fsp3) is 0.552. The topological polar surface area (TPSA) is 93.6 Å². The monoisotopic (exact) mass is 533 g/mol. The number of carbonyl (C=O) groups is 1. The van der Waals surface area contributed by atoms with Crippen molar-refractivity contribution in [2.45, 2.75) is 40.2 Å². The SMILES string of the molecule is C=C/C=C(\C)Cc1nnc(N2CCN(c3cnc(C(=O)NCCN4CCN(C)CC4)cn3)[C@H](C)C2)c(C)c1C. The van der Waals surface area contributed by atoms with Crippen molar-refractivity contribution in [2.75, 3.05) is 75.8 Å². The number of likely N-dealkylation sites (N-methyl/N-ethyl adjacent to an activating group) is 1. The molecule has 2 aromatic heterocycles. The van der Waals surface area contributed by atoms with Gasteiger partial charge in [-0.15, -0.1) is 5.10 Å².